The summed E-state index contributed by atoms with van der Waals surface area (Å²) in [4.78, 5) is 7.20. The van der Waals surface area contributed by atoms with Crippen LogP contribution in [0.1, 0.15) is 30.9 Å². The zero-order chi connectivity index (χ0) is 20.5. The molecule has 2 heterocycles. The lowest BCUT2D eigenvalue weighted by atomic mass is 10.1. The number of rotatable bonds is 8. The zero-order valence-electron chi connectivity index (χ0n) is 18.1. The number of hydrogen-bond acceptors (Lipinski definition) is 5. The third kappa shape index (κ3) is 7.33. The quantitative estimate of drug-likeness (QED) is 0.238. The molecule has 0 amide bonds. The topological polar surface area (TPSA) is 67.6 Å². The van der Waals surface area contributed by atoms with Gasteiger partial charge in [0.15, 0.2) is 11.8 Å². The van der Waals surface area contributed by atoms with E-state index < -0.39 is 0 Å². The van der Waals surface area contributed by atoms with Crippen molar-refractivity contribution < 1.29 is 4.74 Å². The number of likely N-dealkylation sites (tertiary alicyclic amines) is 1. The Bertz CT molecular complexity index is 777. The summed E-state index contributed by atoms with van der Waals surface area (Å²) in [5.41, 5.74) is 0. The first-order valence-corrected chi connectivity index (χ1v) is 11.7. The van der Waals surface area contributed by atoms with E-state index in [1.807, 2.05) is 60.6 Å². The Morgan fingerprint density at radius 2 is 1.97 bits per heavy atom. The number of benzene rings is 1. The predicted molar refractivity (Wildman–Crippen MR) is 135 cm³/mol. The second-order valence-corrected chi connectivity index (χ2v) is 8.24. The molecule has 7 nitrogen and oxygen atoms in total. The first-order valence-electron chi connectivity index (χ1n) is 10.3. The lowest BCUT2D eigenvalue weighted by Gasteiger charge is -2.34. The molecule has 1 aromatic heterocycles. The largest absolute Gasteiger partial charge is 0.490 e. The first kappa shape index (κ1) is 24.8. The fourth-order valence-electron chi connectivity index (χ4n) is 3.30. The van der Waals surface area contributed by atoms with Crippen molar-refractivity contribution >= 4 is 41.7 Å². The molecule has 9 heteroatoms. The molecule has 1 fully saturated rings. The molecule has 166 valence electrons. The number of aromatic nitrogens is 3. The molecule has 0 atom stereocenters. The predicted octanol–water partition coefficient (Wildman–Crippen LogP) is 3.48. The highest BCUT2D eigenvalue weighted by Crippen LogP contribution is 2.19. The van der Waals surface area contributed by atoms with Crippen molar-refractivity contribution in [1.82, 2.24) is 25.0 Å². The highest BCUT2D eigenvalue weighted by atomic mass is 127. The van der Waals surface area contributed by atoms with Crippen LogP contribution in [0.15, 0.2) is 35.3 Å². The molecule has 0 radical (unpaired) electrons. The minimum atomic E-state index is 0. The van der Waals surface area contributed by atoms with Crippen LogP contribution < -0.4 is 10.1 Å². The molecule has 1 aromatic carbocycles. The van der Waals surface area contributed by atoms with Gasteiger partial charge in [-0.3, -0.25) is 0 Å². The Hall–Kier alpha value is -1.49. The van der Waals surface area contributed by atoms with Gasteiger partial charge in [0.25, 0.3) is 0 Å². The van der Waals surface area contributed by atoms with E-state index in [-0.39, 0.29) is 30.1 Å². The summed E-state index contributed by atoms with van der Waals surface area (Å²) in [5, 5.41) is 11.9. The maximum atomic E-state index is 6.13. The third-order valence-electron chi connectivity index (χ3n) is 5.15. The zero-order valence-corrected chi connectivity index (χ0v) is 21.2. The summed E-state index contributed by atoms with van der Waals surface area (Å²) in [6, 6.07) is 10.1. The lowest BCUT2D eigenvalue weighted by molar-refractivity contribution is 0.129. The van der Waals surface area contributed by atoms with E-state index in [1.165, 1.54) is 0 Å². The molecular weight excluding hydrogens is 511 g/mol. The van der Waals surface area contributed by atoms with Crippen LogP contribution in [0.5, 0.6) is 5.75 Å². The van der Waals surface area contributed by atoms with Crippen LogP contribution in [-0.4, -0.2) is 63.4 Å². The SMILES string of the molecule is CSCCCNC(=NCc1nnc(C)n1C)N1CCC(Oc2ccccc2)CC1.I. The van der Waals surface area contributed by atoms with Crippen LogP contribution in [-0.2, 0) is 13.6 Å². The van der Waals surface area contributed by atoms with Crippen molar-refractivity contribution in [2.75, 3.05) is 31.6 Å². The summed E-state index contributed by atoms with van der Waals surface area (Å²) in [6.45, 7) is 5.29. The number of ether oxygens (including phenoxy) is 1. The van der Waals surface area contributed by atoms with Gasteiger partial charge in [0.2, 0.25) is 0 Å². The summed E-state index contributed by atoms with van der Waals surface area (Å²) in [6.07, 6.45) is 5.50. The molecule has 0 saturated carbocycles. The van der Waals surface area contributed by atoms with E-state index in [0.717, 1.165) is 68.0 Å². The smallest absolute Gasteiger partial charge is 0.194 e. The molecule has 1 aliphatic heterocycles. The minimum absolute atomic E-state index is 0. The maximum Gasteiger partial charge on any atom is 0.194 e. The summed E-state index contributed by atoms with van der Waals surface area (Å²) in [5.74, 6) is 4.85. The van der Waals surface area contributed by atoms with E-state index in [9.17, 15) is 0 Å². The van der Waals surface area contributed by atoms with Crippen molar-refractivity contribution in [2.24, 2.45) is 12.0 Å². The Labute approximate surface area is 201 Å². The molecule has 2 aromatic rings. The van der Waals surface area contributed by atoms with E-state index in [1.54, 1.807) is 0 Å². The Kier molecular flexibility index (Phi) is 10.8. The molecule has 3 rings (SSSR count). The highest BCUT2D eigenvalue weighted by molar-refractivity contribution is 14.0. The minimum Gasteiger partial charge on any atom is -0.490 e. The van der Waals surface area contributed by atoms with Gasteiger partial charge in [-0.25, -0.2) is 4.99 Å². The normalized spacial score (nSPS) is 15.0. The van der Waals surface area contributed by atoms with E-state index in [2.05, 4.69) is 26.7 Å². The number of guanidine groups is 1. The number of nitrogens with one attached hydrogen (secondary N) is 1. The Morgan fingerprint density at radius 1 is 1.23 bits per heavy atom. The van der Waals surface area contributed by atoms with Crippen LogP contribution in [0, 0.1) is 6.92 Å². The van der Waals surface area contributed by atoms with E-state index in [0.29, 0.717) is 6.54 Å². The van der Waals surface area contributed by atoms with Gasteiger partial charge in [-0.1, -0.05) is 18.2 Å². The number of piperidine rings is 1. The fraction of sp³-hybridized carbons (Fsp3) is 0.571. The van der Waals surface area contributed by atoms with Crippen LogP contribution in [0.25, 0.3) is 0 Å². The average Bonchev–Trinajstić information content (AvgIpc) is 3.07. The van der Waals surface area contributed by atoms with Gasteiger partial charge in [-0.05, 0) is 37.5 Å². The van der Waals surface area contributed by atoms with Gasteiger partial charge in [-0.15, -0.1) is 34.2 Å². The second kappa shape index (κ2) is 13.0. The molecule has 0 spiro atoms. The number of hydrogen-bond donors (Lipinski definition) is 1. The van der Waals surface area contributed by atoms with E-state index in [4.69, 9.17) is 9.73 Å². The van der Waals surface area contributed by atoms with Crippen molar-refractivity contribution in [3.05, 3.63) is 42.0 Å². The fourth-order valence-corrected chi connectivity index (χ4v) is 3.73. The summed E-state index contributed by atoms with van der Waals surface area (Å²) >= 11 is 1.87. The average molecular weight is 545 g/mol. The lowest BCUT2D eigenvalue weighted by Crippen LogP contribution is -2.47. The van der Waals surface area contributed by atoms with Crippen molar-refractivity contribution in [2.45, 2.75) is 38.8 Å². The van der Waals surface area contributed by atoms with Gasteiger partial charge < -0.3 is 19.5 Å². The van der Waals surface area contributed by atoms with Gasteiger partial charge in [0, 0.05) is 39.5 Å². The van der Waals surface area contributed by atoms with Gasteiger partial charge in [0.05, 0.1) is 0 Å². The number of aryl methyl sites for hydroxylation is 1. The molecule has 0 unspecified atom stereocenters. The van der Waals surface area contributed by atoms with E-state index >= 15 is 0 Å². The number of halogens is 1. The number of thioether (sulfide) groups is 1. The van der Waals surface area contributed by atoms with Crippen molar-refractivity contribution in [3.63, 3.8) is 0 Å². The summed E-state index contributed by atoms with van der Waals surface area (Å²) < 4.78 is 8.13. The monoisotopic (exact) mass is 544 g/mol. The van der Waals surface area contributed by atoms with Crippen LogP contribution >= 0.6 is 35.7 Å². The standard InChI is InChI=1S/C21H32N6OS.HI/c1-17-24-25-20(26(17)2)16-23-21(22-12-7-15-29-3)27-13-10-19(11-14-27)28-18-8-5-4-6-9-18;/h4-6,8-9,19H,7,10-16H2,1-3H3,(H,22,23);1H. The number of nitrogens with zero attached hydrogens (tertiary/aromatic N) is 5. The molecular formula is C21H33IN6OS. The van der Waals surface area contributed by atoms with Crippen LogP contribution in [0.3, 0.4) is 0 Å². The van der Waals surface area contributed by atoms with Crippen molar-refractivity contribution in [1.29, 1.82) is 0 Å². The molecule has 30 heavy (non-hydrogen) atoms. The first-order chi connectivity index (χ1) is 14.2. The van der Waals surface area contributed by atoms with Crippen LogP contribution in [0.4, 0.5) is 0 Å². The number of aliphatic imine (C=N–C) groups is 1. The van der Waals surface area contributed by atoms with Gasteiger partial charge >= 0.3 is 0 Å². The number of para-hydroxylation sites is 1. The summed E-state index contributed by atoms with van der Waals surface area (Å²) in [7, 11) is 1.98. The molecule has 0 bridgehead atoms. The maximum absolute atomic E-state index is 6.13. The van der Waals surface area contributed by atoms with Crippen molar-refractivity contribution in [3.8, 4) is 5.75 Å². The Balaban J connectivity index is 0.00000320. The third-order valence-corrected chi connectivity index (χ3v) is 5.85. The van der Waals surface area contributed by atoms with Gasteiger partial charge in [0.1, 0.15) is 24.2 Å². The van der Waals surface area contributed by atoms with Crippen LogP contribution in [0.2, 0.25) is 0 Å². The second-order valence-electron chi connectivity index (χ2n) is 7.25. The van der Waals surface area contributed by atoms with Gasteiger partial charge in [-0.2, -0.15) is 11.8 Å². The molecule has 1 saturated heterocycles. The molecule has 1 aliphatic rings. The molecule has 0 aliphatic carbocycles. The highest BCUT2D eigenvalue weighted by Gasteiger charge is 2.23. The molecule has 1 N–H and O–H groups in total. The Morgan fingerprint density at radius 3 is 2.60 bits per heavy atom.